The van der Waals surface area contributed by atoms with Crippen molar-refractivity contribution in [3.8, 4) is 0 Å². The van der Waals surface area contributed by atoms with Crippen LogP contribution in [0.5, 0.6) is 0 Å². The smallest absolute Gasteiger partial charge is 0.407 e. The van der Waals surface area contributed by atoms with Crippen LogP contribution in [-0.2, 0) is 11.2 Å². The predicted molar refractivity (Wildman–Crippen MR) is 120 cm³/mol. The molecule has 0 bridgehead atoms. The number of amides is 1. The SMILES string of the molecule is CN=C(NCCCNC(=O)OC(C)(C)C)NCCc1nnc2ccccn12.I. The van der Waals surface area contributed by atoms with E-state index in [0.29, 0.717) is 25.6 Å². The molecule has 0 aromatic carbocycles. The van der Waals surface area contributed by atoms with Gasteiger partial charge in [0.15, 0.2) is 11.6 Å². The molecular formula is C18H30IN7O2. The molecule has 10 heteroatoms. The fourth-order valence-electron chi connectivity index (χ4n) is 2.37. The van der Waals surface area contributed by atoms with E-state index in [4.69, 9.17) is 4.74 Å². The number of hydrogen-bond donors (Lipinski definition) is 3. The molecule has 0 spiro atoms. The molecule has 2 heterocycles. The van der Waals surface area contributed by atoms with E-state index in [9.17, 15) is 4.79 Å². The molecule has 0 fully saturated rings. The molecule has 3 N–H and O–H groups in total. The summed E-state index contributed by atoms with van der Waals surface area (Å²) in [5, 5.41) is 17.5. The van der Waals surface area contributed by atoms with Gasteiger partial charge in [-0.25, -0.2) is 4.79 Å². The van der Waals surface area contributed by atoms with Gasteiger partial charge in [-0.15, -0.1) is 34.2 Å². The number of carbonyl (C=O) groups excluding carboxylic acids is 1. The summed E-state index contributed by atoms with van der Waals surface area (Å²) in [6.07, 6.45) is 3.04. The van der Waals surface area contributed by atoms with Gasteiger partial charge in [0, 0.05) is 39.3 Å². The normalized spacial score (nSPS) is 11.6. The number of hydrogen-bond acceptors (Lipinski definition) is 5. The summed E-state index contributed by atoms with van der Waals surface area (Å²) in [6.45, 7) is 7.42. The third-order valence-electron chi connectivity index (χ3n) is 3.56. The molecule has 0 unspecified atom stereocenters. The quantitative estimate of drug-likeness (QED) is 0.231. The first-order valence-corrected chi connectivity index (χ1v) is 9.09. The number of fused-ring (bicyclic) bond motifs is 1. The molecule has 9 nitrogen and oxygen atoms in total. The zero-order valence-electron chi connectivity index (χ0n) is 16.9. The Bertz CT molecular complexity index is 771. The molecule has 1 amide bonds. The first-order valence-electron chi connectivity index (χ1n) is 9.09. The van der Waals surface area contributed by atoms with Gasteiger partial charge in [0.05, 0.1) is 0 Å². The Morgan fingerprint density at radius 2 is 1.86 bits per heavy atom. The van der Waals surface area contributed by atoms with E-state index in [1.807, 2.05) is 49.6 Å². The Kier molecular flexibility index (Phi) is 9.97. The molecule has 28 heavy (non-hydrogen) atoms. The van der Waals surface area contributed by atoms with Crippen LogP contribution in [-0.4, -0.2) is 58.9 Å². The summed E-state index contributed by atoms with van der Waals surface area (Å²) >= 11 is 0. The van der Waals surface area contributed by atoms with E-state index < -0.39 is 11.7 Å². The van der Waals surface area contributed by atoms with E-state index in [0.717, 1.165) is 24.3 Å². The Hall–Kier alpha value is -2.11. The first-order chi connectivity index (χ1) is 12.9. The van der Waals surface area contributed by atoms with Gasteiger partial charge in [0.2, 0.25) is 0 Å². The van der Waals surface area contributed by atoms with Gasteiger partial charge >= 0.3 is 6.09 Å². The molecule has 0 aliphatic heterocycles. The van der Waals surface area contributed by atoms with Crippen molar-refractivity contribution in [2.75, 3.05) is 26.7 Å². The molecule has 0 aliphatic carbocycles. The van der Waals surface area contributed by atoms with E-state index in [1.54, 1.807) is 7.05 Å². The minimum absolute atomic E-state index is 0. The average molecular weight is 503 g/mol. The molecule has 2 aromatic rings. The minimum atomic E-state index is -0.482. The van der Waals surface area contributed by atoms with Crippen LogP contribution in [0.3, 0.4) is 0 Å². The van der Waals surface area contributed by atoms with Gasteiger partial charge in [0.1, 0.15) is 11.4 Å². The second-order valence-electron chi connectivity index (χ2n) is 7.00. The van der Waals surface area contributed by atoms with Crippen molar-refractivity contribution in [1.29, 1.82) is 0 Å². The Labute approximate surface area is 182 Å². The van der Waals surface area contributed by atoms with E-state index in [2.05, 4.69) is 31.1 Å². The third-order valence-corrected chi connectivity index (χ3v) is 3.56. The predicted octanol–water partition coefficient (Wildman–Crippen LogP) is 1.97. The number of nitrogens with one attached hydrogen (secondary N) is 3. The lowest BCUT2D eigenvalue weighted by Gasteiger charge is -2.19. The number of nitrogens with zero attached hydrogens (tertiary/aromatic N) is 4. The van der Waals surface area contributed by atoms with Crippen LogP contribution in [0.25, 0.3) is 5.65 Å². The van der Waals surface area contributed by atoms with Crippen molar-refractivity contribution in [2.24, 2.45) is 4.99 Å². The van der Waals surface area contributed by atoms with Crippen molar-refractivity contribution in [3.05, 3.63) is 30.2 Å². The average Bonchev–Trinajstić information content (AvgIpc) is 3.01. The maximum absolute atomic E-state index is 11.6. The summed E-state index contributed by atoms with van der Waals surface area (Å²) in [5.74, 6) is 1.61. The number of rotatable bonds is 7. The van der Waals surface area contributed by atoms with Crippen LogP contribution in [0, 0.1) is 0 Å². The molecular weight excluding hydrogens is 473 g/mol. The van der Waals surface area contributed by atoms with Crippen molar-refractivity contribution in [3.63, 3.8) is 0 Å². The molecule has 0 radical (unpaired) electrons. The fraction of sp³-hybridized carbons (Fsp3) is 0.556. The molecule has 0 aliphatic rings. The van der Waals surface area contributed by atoms with Crippen molar-refractivity contribution >= 4 is 41.7 Å². The number of halogens is 1. The lowest BCUT2D eigenvalue weighted by atomic mass is 10.2. The van der Waals surface area contributed by atoms with Crippen molar-refractivity contribution in [2.45, 2.75) is 39.2 Å². The number of pyridine rings is 1. The van der Waals surface area contributed by atoms with Crippen LogP contribution in [0.2, 0.25) is 0 Å². The molecule has 2 rings (SSSR count). The zero-order chi connectivity index (χ0) is 19.7. The van der Waals surface area contributed by atoms with Crippen LogP contribution >= 0.6 is 24.0 Å². The van der Waals surface area contributed by atoms with Gasteiger partial charge in [-0.3, -0.25) is 9.39 Å². The van der Waals surface area contributed by atoms with E-state index in [-0.39, 0.29) is 24.0 Å². The van der Waals surface area contributed by atoms with Crippen LogP contribution in [0.4, 0.5) is 4.79 Å². The van der Waals surface area contributed by atoms with E-state index >= 15 is 0 Å². The van der Waals surface area contributed by atoms with Gasteiger partial charge in [-0.2, -0.15) is 0 Å². The number of alkyl carbamates (subject to hydrolysis) is 1. The maximum atomic E-state index is 11.6. The molecule has 0 saturated heterocycles. The number of carbonyl (C=O) groups is 1. The van der Waals surface area contributed by atoms with Crippen molar-refractivity contribution < 1.29 is 9.53 Å². The third kappa shape index (κ3) is 8.28. The Balaban J connectivity index is 0.00000392. The minimum Gasteiger partial charge on any atom is -0.444 e. The summed E-state index contributed by atoms with van der Waals surface area (Å²) in [4.78, 5) is 15.7. The highest BCUT2D eigenvalue weighted by Gasteiger charge is 2.15. The molecule has 156 valence electrons. The standard InChI is InChI=1S/C18H29N7O2.HI/c1-18(2,3)27-17(26)22-11-7-10-20-16(19-4)21-12-9-15-24-23-14-8-5-6-13-25(14)15;/h5-6,8,13H,7,9-12H2,1-4H3,(H,22,26)(H2,19,20,21);1H. The molecule has 2 aromatic heterocycles. The Morgan fingerprint density at radius 1 is 1.14 bits per heavy atom. The Morgan fingerprint density at radius 3 is 2.57 bits per heavy atom. The molecule has 0 atom stereocenters. The number of aromatic nitrogens is 3. The zero-order valence-corrected chi connectivity index (χ0v) is 19.2. The van der Waals surface area contributed by atoms with Gasteiger partial charge in [-0.1, -0.05) is 6.07 Å². The highest BCUT2D eigenvalue weighted by molar-refractivity contribution is 14.0. The van der Waals surface area contributed by atoms with Gasteiger partial charge in [0.25, 0.3) is 0 Å². The topological polar surface area (TPSA) is 105 Å². The maximum Gasteiger partial charge on any atom is 0.407 e. The second-order valence-corrected chi connectivity index (χ2v) is 7.00. The van der Waals surface area contributed by atoms with Gasteiger partial charge < -0.3 is 20.7 Å². The summed E-state index contributed by atoms with van der Waals surface area (Å²) in [7, 11) is 1.72. The van der Waals surface area contributed by atoms with Crippen LogP contribution in [0.15, 0.2) is 29.4 Å². The van der Waals surface area contributed by atoms with Crippen LogP contribution in [0.1, 0.15) is 33.0 Å². The first kappa shape index (κ1) is 23.9. The lowest BCUT2D eigenvalue weighted by molar-refractivity contribution is 0.0527. The second kappa shape index (κ2) is 11.7. The lowest BCUT2D eigenvalue weighted by Crippen LogP contribution is -2.40. The van der Waals surface area contributed by atoms with Crippen LogP contribution < -0.4 is 16.0 Å². The largest absolute Gasteiger partial charge is 0.444 e. The summed E-state index contributed by atoms with van der Waals surface area (Å²) in [5.41, 5.74) is 0.358. The molecule has 0 saturated carbocycles. The number of guanidine groups is 1. The number of aliphatic imine (C=N–C) groups is 1. The summed E-state index contributed by atoms with van der Waals surface area (Å²) < 4.78 is 7.16. The highest BCUT2D eigenvalue weighted by atomic mass is 127. The van der Waals surface area contributed by atoms with Crippen molar-refractivity contribution in [1.82, 2.24) is 30.5 Å². The number of ether oxygens (including phenoxy) is 1. The highest BCUT2D eigenvalue weighted by Crippen LogP contribution is 2.06. The fourth-order valence-corrected chi connectivity index (χ4v) is 2.37. The summed E-state index contributed by atoms with van der Waals surface area (Å²) in [6, 6.07) is 5.82. The van der Waals surface area contributed by atoms with Gasteiger partial charge in [-0.05, 0) is 39.3 Å². The monoisotopic (exact) mass is 503 g/mol. The van der Waals surface area contributed by atoms with E-state index in [1.165, 1.54) is 0 Å².